The first-order valence-electron chi connectivity index (χ1n) is 3.84. The van der Waals surface area contributed by atoms with E-state index < -0.39 is 0 Å². The molecule has 0 amide bonds. The zero-order valence-corrected chi connectivity index (χ0v) is 6.63. The second kappa shape index (κ2) is 3.62. The summed E-state index contributed by atoms with van der Waals surface area (Å²) in [7, 11) is 0. The molecule has 0 spiro atoms. The number of ketones is 2. The Morgan fingerprint density at radius 3 is 2.73 bits per heavy atom. The Bertz CT molecular complexity index is 168. The van der Waals surface area contributed by atoms with Crippen molar-refractivity contribution in [2.45, 2.75) is 32.3 Å². The SMILES string of the molecule is CC(=O)CC(=O)C1CCCO1. The molecule has 1 rings (SSSR count). The standard InChI is InChI=1S/C8H12O3/c1-6(9)5-7(10)8-3-2-4-11-8/h8H,2-5H2,1H3. The van der Waals surface area contributed by atoms with Crippen molar-refractivity contribution in [3.63, 3.8) is 0 Å². The van der Waals surface area contributed by atoms with Gasteiger partial charge >= 0.3 is 0 Å². The van der Waals surface area contributed by atoms with Crippen molar-refractivity contribution < 1.29 is 14.3 Å². The molecule has 0 radical (unpaired) electrons. The largest absolute Gasteiger partial charge is 0.370 e. The molecule has 3 heteroatoms. The molecule has 0 aromatic heterocycles. The van der Waals surface area contributed by atoms with Crippen LogP contribution in [0.25, 0.3) is 0 Å². The van der Waals surface area contributed by atoms with Gasteiger partial charge in [0.2, 0.25) is 0 Å². The molecule has 0 aromatic rings. The minimum absolute atomic E-state index is 0.0324. The van der Waals surface area contributed by atoms with Gasteiger partial charge in [-0.3, -0.25) is 9.59 Å². The van der Waals surface area contributed by atoms with Gasteiger partial charge < -0.3 is 4.74 Å². The zero-order chi connectivity index (χ0) is 8.27. The number of hydrogen-bond donors (Lipinski definition) is 0. The van der Waals surface area contributed by atoms with E-state index in [0.717, 1.165) is 12.8 Å². The molecule has 1 aliphatic rings. The molecule has 0 N–H and O–H groups in total. The van der Waals surface area contributed by atoms with Gasteiger partial charge in [-0.15, -0.1) is 0 Å². The first-order chi connectivity index (χ1) is 5.20. The van der Waals surface area contributed by atoms with Gasteiger partial charge in [0.05, 0.1) is 6.42 Å². The predicted molar refractivity (Wildman–Crippen MR) is 39.3 cm³/mol. The third-order valence-electron chi connectivity index (χ3n) is 1.71. The molecule has 0 aliphatic carbocycles. The summed E-state index contributed by atoms with van der Waals surface area (Å²) in [4.78, 5) is 21.6. The van der Waals surface area contributed by atoms with Crippen LogP contribution >= 0.6 is 0 Å². The summed E-state index contributed by atoms with van der Waals surface area (Å²) in [6, 6.07) is 0. The molecule has 11 heavy (non-hydrogen) atoms. The van der Waals surface area contributed by atoms with E-state index in [1.807, 2.05) is 0 Å². The average Bonchev–Trinajstić information content (AvgIpc) is 2.35. The molecular weight excluding hydrogens is 144 g/mol. The molecule has 0 aromatic carbocycles. The van der Waals surface area contributed by atoms with Crippen molar-refractivity contribution in [2.24, 2.45) is 0 Å². The lowest BCUT2D eigenvalue weighted by Crippen LogP contribution is -2.21. The van der Waals surface area contributed by atoms with Gasteiger partial charge in [-0.1, -0.05) is 0 Å². The molecule has 1 heterocycles. The van der Waals surface area contributed by atoms with E-state index >= 15 is 0 Å². The summed E-state index contributed by atoms with van der Waals surface area (Å²) in [5, 5.41) is 0. The molecule has 0 saturated carbocycles. The number of rotatable bonds is 3. The monoisotopic (exact) mass is 156 g/mol. The summed E-state index contributed by atoms with van der Waals surface area (Å²) in [6.07, 6.45) is 1.46. The van der Waals surface area contributed by atoms with Crippen LogP contribution in [0.2, 0.25) is 0 Å². The molecule has 1 atom stereocenters. The van der Waals surface area contributed by atoms with Crippen LogP contribution in [0.3, 0.4) is 0 Å². The molecular formula is C8H12O3. The van der Waals surface area contributed by atoms with Gasteiger partial charge in [0.1, 0.15) is 11.9 Å². The van der Waals surface area contributed by atoms with Crippen molar-refractivity contribution in [1.82, 2.24) is 0 Å². The van der Waals surface area contributed by atoms with Gasteiger partial charge in [-0.2, -0.15) is 0 Å². The van der Waals surface area contributed by atoms with Crippen molar-refractivity contribution in [1.29, 1.82) is 0 Å². The van der Waals surface area contributed by atoms with Crippen LogP contribution in [0.5, 0.6) is 0 Å². The Balaban J connectivity index is 2.34. The average molecular weight is 156 g/mol. The highest BCUT2D eigenvalue weighted by molar-refractivity contribution is 6.00. The molecule has 0 bridgehead atoms. The van der Waals surface area contributed by atoms with Crippen LogP contribution in [0.15, 0.2) is 0 Å². The summed E-state index contributed by atoms with van der Waals surface area (Å²) in [5.41, 5.74) is 0. The maximum atomic E-state index is 11.1. The lowest BCUT2D eigenvalue weighted by Gasteiger charge is -2.04. The summed E-state index contributed by atoms with van der Waals surface area (Å²) in [6.45, 7) is 2.08. The normalized spacial score (nSPS) is 23.5. The smallest absolute Gasteiger partial charge is 0.168 e. The van der Waals surface area contributed by atoms with Gasteiger partial charge in [-0.05, 0) is 19.8 Å². The molecule has 1 fully saturated rings. The first kappa shape index (κ1) is 8.40. The van der Waals surface area contributed by atoms with Crippen LogP contribution < -0.4 is 0 Å². The summed E-state index contributed by atoms with van der Waals surface area (Å²) in [5.74, 6) is -0.138. The predicted octanol–water partition coefficient (Wildman–Crippen LogP) is 0.714. The van der Waals surface area contributed by atoms with Gasteiger partial charge in [0, 0.05) is 6.61 Å². The molecule has 1 aliphatic heterocycles. The lowest BCUT2D eigenvalue weighted by molar-refractivity contribution is -0.132. The van der Waals surface area contributed by atoms with Crippen LogP contribution in [0, 0.1) is 0 Å². The van der Waals surface area contributed by atoms with Crippen LogP contribution in [0.4, 0.5) is 0 Å². The fourth-order valence-corrected chi connectivity index (χ4v) is 1.19. The highest BCUT2D eigenvalue weighted by atomic mass is 16.5. The highest BCUT2D eigenvalue weighted by Gasteiger charge is 2.23. The maximum absolute atomic E-state index is 11.1. The summed E-state index contributed by atoms with van der Waals surface area (Å²) < 4.78 is 5.11. The second-order valence-corrected chi connectivity index (χ2v) is 2.85. The Kier molecular flexibility index (Phi) is 2.76. The van der Waals surface area contributed by atoms with E-state index in [9.17, 15) is 9.59 Å². The number of carbonyl (C=O) groups is 2. The second-order valence-electron chi connectivity index (χ2n) is 2.85. The van der Waals surface area contributed by atoms with Gasteiger partial charge in [-0.25, -0.2) is 0 Å². The Morgan fingerprint density at radius 2 is 2.27 bits per heavy atom. The van der Waals surface area contributed by atoms with Crippen LogP contribution in [-0.4, -0.2) is 24.3 Å². The quantitative estimate of drug-likeness (QED) is 0.565. The lowest BCUT2D eigenvalue weighted by atomic mass is 10.1. The number of Topliss-reactive ketones (excluding diaryl/α,β-unsaturated/α-hetero) is 2. The van der Waals surface area contributed by atoms with Crippen molar-refractivity contribution >= 4 is 11.6 Å². The van der Waals surface area contributed by atoms with E-state index in [0.29, 0.717) is 6.61 Å². The fraction of sp³-hybridized carbons (Fsp3) is 0.750. The Hall–Kier alpha value is -0.700. The Labute approximate surface area is 65.7 Å². The third kappa shape index (κ3) is 2.42. The minimum atomic E-state index is -0.293. The van der Waals surface area contributed by atoms with Crippen LogP contribution in [-0.2, 0) is 14.3 Å². The van der Waals surface area contributed by atoms with E-state index in [2.05, 4.69) is 0 Å². The summed E-state index contributed by atoms with van der Waals surface area (Å²) >= 11 is 0. The maximum Gasteiger partial charge on any atom is 0.168 e. The van der Waals surface area contributed by atoms with E-state index in [1.54, 1.807) is 0 Å². The van der Waals surface area contributed by atoms with Crippen molar-refractivity contribution in [3.05, 3.63) is 0 Å². The minimum Gasteiger partial charge on any atom is -0.370 e. The zero-order valence-electron chi connectivity index (χ0n) is 6.63. The molecule has 62 valence electrons. The number of carbonyl (C=O) groups excluding carboxylic acids is 2. The topological polar surface area (TPSA) is 43.4 Å². The molecule has 1 unspecified atom stereocenters. The van der Waals surface area contributed by atoms with E-state index in [-0.39, 0.29) is 24.1 Å². The van der Waals surface area contributed by atoms with Gasteiger partial charge in [0.25, 0.3) is 0 Å². The highest BCUT2D eigenvalue weighted by Crippen LogP contribution is 2.13. The van der Waals surface area contributed by atoms with Crippen LogP contribution in [0.1, 0.15) is 26.2 Å². The van der Waals surface area contributed by atoms with Crippen molar-refractivity contribution in [2.75, 3.05) is 6.61 Å². The number of ether oxygens (including phenoxy) is 1. The van der Waals surface area contributed by atoms with Gasteiger partial charge in [0.15, 0.2) is 5.78 Å². The fourth-order valence-electron chi connectivity index (χ4n) is 1.19. The molecule has 1 saturated heterocycles. The van der Waals surface area contributed by atoms with E-state index in [4.69, 9.17) is 4.74 Å². The van der Waals surface area contributed by atoms with Crippen molar-refractivity contribution in [3.8, 4) is 0 Å². The van der Waals surface area contributed by atoms with E-state index in [1.165, 1.54) is 6.92 Å². The molecule has 3 nitrogen and oxygen atoms in total. The first-order valence-corrected chi connectivity index (χ1v) is 3.84. The number of hydrogen-bond acceptors (Lipinski definition) is 3. The third-order valence-corrected chi connectivity index (χ3v) is 1.71. The Morgan fingerprint density at radius 1 is 1.55 bits per heavy atom.